The van der Waals surface area contributed by atoms with Crippen LogP contribution in [0.3, 0.4) is 0 Å². The molecule has 1 aliphatic heterocycles. The Hall–Kier alpha value is -1.10. The van der Waals surface area contributed by atoms with E-state index in [-0.39, 0.29) is 5.91 Å². The molecule has 0 aromatic carbocycles. The predicted molar refractivity (Wildman–Crippen MR) is 62.5 cm³/mol. The fraction of sp³-hybridized carbons (Fsp3) is 0.833. The van der Waals surface area contributed by atoms with Crippen LogP contribution < -0.4 is 5.32 Å². The van der Waals surface area contributed by atoms with Crippen LogP contribution >= 0.6 is 0 Å². The summed E-state index contributed by atoms with van der Waals surface area (Å²) in [5.41, 5.74) is 0. The molecule has 1 aliphatic rings. The molecular formula is C12H21NO4. The van der Waals surface area contributed by atoms with Gasteiger partial charge in [-0.2, -0.15) is 0 Å². The topological polar surface area (TPSA) is 75.6 Å². The number of carbonyl (C=O) groups is 2. The zero-order valence-corrected chi connectivity index (χ0v) is 10.4. The van der Waals surface area contributed by atoms with Gasteiger partial charge in [0.05, 0.1) is 12.5 Å². The van der Waals surface area contributed by atoms with Crippen molar-refractivity contribution in [1.82, 2.24) is 5.32 Å². The average molecular weight is 243 g/mol. The van der Waals surface area contributed by atoms with Crippen LogP contribution in [0.25, 0.3) is 0 Å². The van der Waals surface area contributed by atoms with Gasteiger partial charge in [-0.3, -0.25) is 9.59 Å². The molecule has 98 valence electrons. The number of aliphatic carboxylic acids is 1. The molecule has 1 amide bonds. The molecule has 1 rings (SSSR count). The standard InChI is InChI=1S/C12H21NO4/c1-8(9(2)12(15)16)11(14)13-6-10-4-3-5-17-7-10/h8-10H,3-7H2,1-2H3,(H,13,14)(H,15,16). The summed E-state index contributed by atoms with van der Waals surface area (Å²) >= 11 is 0. The number of amides is 1. The van der Waals surface area contributed by atoms with Crippen LogP contribution in [0.5, 0.6) is 0 Å². The normalized spacial score (nSPS) is 23.8. The molecule has 17 heavy (non-hydrogen) atoms. The maximum absolute atomic E-state index is 11.7. The Bertz CT molecular complexity index is 274. The highest BCUT2D eigenvalue weighted by Gasteiger charge is 2.26. The van der Waals surface area contributed by atoms with Gasteiger partial charge in [-0.25, -0.2) is 0 Å². The third-order valence-electron chi connectivity index (χ3n) is 3.37. The lowest BCUT2D eigenvalue weighted by molar-refractivity contribution is -0.146. The second-order valence-electron chi connectivity index (χ2n) is 4.74. The summed E-state index contributed by atoms with van der Waals surface area (Å²) in [5.74, 6) is -1.92. The van der Waals surface area contributed by atoms with Gasteiger partial charge in [0, 0.05) is 19.1 Å². The van der Waals surface area contributed by atoms with E-state index in [1.54, 1.807) is 13.8 Å². The van der Waals surface area contributed by atoms with E-state index >= 15 is 0 Å². The van der Waals surface area contributed by atoms with E-state index in [1.807, 2.05) is 0 Å². The highest BCUT2D eigenvalue weighted by atomic mass is 16.5. The highest BCUT2D eigenvalue weighted by molar-refractivity contribution is 5.84. The lowest BCUT2D eigenvalue weighted by atomic mass is 9.95. The minimum atomic E-state index is -0.936. The van der Waals surface area contributed by atoms with Crippen molar-refractivity contribution in [3.8, 4) is 0 Å². The van der Waals surface area contributed by atoms with Crippen molar-refractivity contribution in [2.45, 2.75) is 26.7 Å². The number of ether oxygens (including phenoxy) is 1. The largest absolute Gasteiger partial charge is 0.481 e. The summed E-state index contributed by atoms with van der Waals surface area (Å²) in [6.07, 6.45) is 2.09. The lowest BCUT2D eigenvalue weighted by Crippen LogP contribution is -2.39. The van der Waals surface area contributed by atoms with Gasteiger partial charge >= 0.3 is 5.97 Å². The molecule has 0 spiro atoms. The number of hydrogen-bond acceptors (Lipinski definition) is 3. The van der Waals surface area contributed by atoms with E-state index in [0.717, 1.165) is 19.4 Å². The molecule has 0 bridgehead atoms. The predicted octanol–water partition coefficient (Wildman–Crippen LogP) is 0.886. The van der Waals surface area contributed by atoms with Crippen LogP contribution in [0.15, 0.2) is 0 Å². The Kier molecular flexibility index (Phi) is 5.41. The van der Waals surface area contributed by atoms with Crippen molar-refractivity contribution in [1.29, 1.82) is 0 Å². The maximum Gasteiger partial charge on any atom is 0.307 e. The van der Waals surface area contributed by atoms with Crippen LogP contribution in [-0.2, 0) is 14.3 Å². The third-order valence-corrected chi connectivity index (χ3v) is 3.37. The second kappa shape index (κ2) is 6.59. The molecule has 1 heterocycles. The van der Waals surface area contributed by atoms with E-state index in [2.05, 4.69) is 5.32 Å². The molecule has 0 aromatic heterocycles. The number of carboxylic acids is 1. The first kappa shape index (κ1) is 14.0. The summed E-state index contributed by atoms with van der Waals surface area (Å²) in [6.45, 7) is 5.26. The molecule has 0 aromatic rings. The van der Waals surface area contributed by atoms with Gasteiger partial charge in [0.15, 0.2) is 0 Å². The van der Waals surface area contributed by atoms with Crippen molar-refractivity contribution < 1.29 is 19.4 Å². The molecule has 2 N–H and O–H groups in total. The SMILES string of the molecule is CC(C(=O)O)C(C)C(=O)NCC1CCCOC1. The van der Waals surface area contributed by atoms with E-state index in [0.29, 0.717) is 19.1 Å². The van der Waals surface area contributed by atoms with Gasteiger partial charge in [0.1, 0.15) is 0 Å². The van der Waals surface area contributed by atoms with Crippen LogP contribution in [-0.4, -0.2) is 36.7 Å². The van der Waals surface area contributed by atoms with Gasteiger partial charge < -0.3 is 15.2 Å². The van der Waals surface area contributed by atoms with E-state index in [1.165, 1.54) is 0 Å². The first-order chi connectivity index (χ1) is 8.02. The van der Waals surface area contributed by atoms with Gasteiger partial charge in [0.2, 0.25) is 5.91 Å². The zero-order chi connectivity index (χ0) is 12.8. The van der Waals surface area contributed by atoms with Gasteiger partial charge in [-0.1, -0.05) is 13.8 Å². The molecule has 5 heteroatoms. The second-order valence-corrected chi connectivity index (χ2v) is 4.74. The molecule has 3 unspecified atom stereocenters. The third kappa shape index (κ3) is 4.34. The monoisotopic (exact) mass is 243 g/mol. The Morgan fingerprint density at radius 3 is 2.65 bits per heavy atom. The summed E-state index contributed by atoms with van der Waals surface area (Å²) in [7, 11) is 0. The highest BCUT2D eigenvalue weighted by Crippen LogP contribution is 2.14. The van der Waals surface area contributed by atoms with Crippen molar-refractivity contribution in [3.63, 3.8) is 0 Å². The fourth-order valence-corrected chi connectivity index (χ4v) is 1.82. The molecule has 0 saturated carbocycles. The Morgan fingerprint density at radius 2 is 2.12 bits per heavy atom. The number of nitrogens with one attached hydrogen (secondary N) is 1. The summed E-state index contributed by atoms with van der Waals surface area (Å²) in [6, 6.07) is 0. The summed E-state index contributed by atoms with van der Waals surface area (Å²) in [5, 5.41) is 11.6. The quantitative estimate of drug-likeness (QED) is 0.751. The molecular weight excluding hydrogens is 222 g/mol. The average Bonchev–Trinajstić information content (AvgIpc) is 2.35. The Morgan fingerprint density at radius 1 is 1.41 bits per heavy atom. The minimum Gasteiger partial charge on any atom is -0.481 e. The van der Waals surface area contributed by atoms with Crippen LogP contribution in [0.1, 0.15) is 26.7 Å². The van der Waals surface area contributed by atoms with Crippen molar-refractivity contribution in [2.75, 3.05) is 19.8 Å². The van der Waals surface area contributed by atoms with Gasteiger partial charge in [0.25, 0.3) is 0 Å². The minimum absolute atomic E-state index is 0.189. The summed E-state index contributed by atoms with van der Waals surface area (Å²) in [4.78, 5) is 22.5. The number of carbonyl (C=O) groups excluding carboxylic acids is 1. The van der Waals surface area contributed by atoms with Crippen molar-refractivity contribution in [3.05, 3.63) is 0 Å². The molecule has 1 saturated heterocycles. The van der Waals surface area contributed by atoms with Crippen LogP contribution in [0.4, 0.5) is 0 Å². The molecule has 3 atom stereocenters. The first-order valence-electron chi connectivity index (χ1n) is 6.10. The van der Waals surface area contributed by atoms with Crippen molar-refractivity contribution in [2.24, 2.45) is 17.8 Å². The smallest absolute Gasteiger partial charge is 0.307 e. The fourth-order valence-electron chi connectivity index (χ4n) is 1.82. The Labute approximate surface area is 102 Å². The molecule has 0 aliphatic carbocycles. The van der Waals surface area contributed by atoms with Crippen LogP contribution in [0.2, 0.25) is 0 Å². The first-order valence-corrected chi connectivity index (χ1v) is 6.10. The maximum atomic E-state index is 11.7. The van der Waals surface area contributed by atoms with Gasteiger partial charge in [-0.15, -0.1) is 0 Å². The van der Waals surface area contributed by atoms with Gasteiger partial charge in [-0.05, 0) is 18.8 Å². The number of carboxylic acid groups (broad SMARTS) is 1. The zero-order valence-electron chi connectivity index (χ0n) is 10.4. The molecule has 1 fully saturated rings. The van der Waals surface area contributed by atoms with E-state index < -0.39 is 17.8 Å². The van der Waals surface area contributed by atoms with Crippen LogP contribution in [0, 0.1) is 17.8 Å². The number of rotatable bonds is 5. The van der Waals surface area contributed by atoms with E-state index in [4.69, 9.17) is 9.84 Å². The Balaban J connectivity index is 2.30. The number of hydrogen-bond donors (Lipinski definition) is 2. The lowest BCUT2D eigenvalue weighted by Gasteiger charge is -2.23. The van der Waals surface area contributed by atoms with E-state index in [9.17, 15) is 9.59 Å². The summed E-state index contributed by atoms with van der Waals surface area (Å²) < 4.78 is 5.32. The molecule has 0 radical (unpaired) electrons. The van der Waals surface area contributed by atoms with Crippen molar-refractivity contribution >= 4 is 11.9 Å². The molecule has 5 nitrogen and oxygen atoms in total.